The highest BCUT2D eigenvalue weighted by molar-refractivity contribution is 6.02. The molecule has 2 amide bonds. The van der Waals surface area contributed by atoms with Gasteiger partial charge in [0.25, 0.3) is 5.91 Å². The molecule has 0 aliphatic carbocycles. The van der Waals surface area contributed by atoms with Crippen LogP contribution in [0.4, 0.5) is 5.69 Å². The van der Waals surface area contributed by atoms with Crippen molar-refractivity contribution >= 4 is 17.5 Å². The fraction of sp³-hybridized carbons (Fsp3) is 0.105. The molecule has 0 aliphatic heterocycles. The van der Waals surface area contributed by atoms with E-state index in [1.807, 2.05) is 30.3 Å². The van der Waals surface area contributed by atoms with Gasteiger partial charge in [0.2, 0.25) is 5.91 Å². The smallest absolute Gasteiger partial charge is 0.276 e. The number of rotatable bonds is 7. The number of nitrogens with zero attached hydrogens (tertiary/aromatic N) is 2. The summed E-state index contributed by atoms with van der Waals surface area (Å²) < 4.78 is 7.03. The molecular weight excluding hydrogens is 332 g/mol. The Balaban J connectivity index is 1.60. The van der Waals surface area contributed by atoms with Gasteiger partial charge in [0, 0.05) is 11.9 Å². The van der Waals surface area contributed by atoms with Gasteiger partial charge in [0.15, 0.2) is 5.69 Å². The molecule has 7 nitrogen and oxygen atoms in total. The molecule has 1 heterocycles. The topological polar surface area (TPSA) is 99.2 Å². The van der Waals surface area contributed by atoms with Gasteiger partial charge in [-0.3, -0.25) is 9.59 Å². The van der Waals surface area contributed by atoms with E-state index in [4.69, 9.17) is 10.5 Å². The molecule has 1 aromatic heterocycles. The summed E-state index contributed by atoms with van der Waals surface area (Å²) in [4.78, 5) is 23.0. The number of hydrogen-bond donors (Lipinski definition) is 2. The molecule has 3 aromatic rings. The van der Waals surface area contributed by atoms with Gasteiger partial charge in [-0.25, -0.2) is 4.68 Å². The third kappa shape index (κ3) is 4.47. The highest BCUT2D eigenvalue weighted by Crippen LogP contribution is 2.17. The second kappa shape index (κ2) is 7.98. The Morgan fingerprint density at radius 1 is 1.04 bits per heavy atom. The van der Waals surface area contributed by atoms with E-state index in [0.29, 0.717) is 17.1 Å². The summed E-state index contributed by atoms with van der Waals surface area (Å²) in [6.07, 6.45) is 1.89. The van der Waals surface area contributed by atoms with E-state index in [0.717, 1.165) is 5.69 Å². The first kappa shape index (κ1) is 17.2. The van der Waals surface area contributed by atoms with E-state index >= 15 is 0 Å². The van der Waals surface area contributed by atoms with E-state index in [9.17, 15) is 9.59 Å². The van der Waals surface area contributed by atoms with Gasteiger partial charge in [-0.05, 0) is 42.5 Å². The largest absolute Gasteiger partial charge is 0.493 e. The summed E-state index contributed by atoms with van der Waals surface area (Å²) >= 11 is 0. The first-order chi connectivity index (χ1) is 12.6. The number of carbonyl (C=O) groups excluding carboxylic acids is 2. The first-order valence-corrected chi connectivity index (χ1v) is 8.05. The molecule has 0 fully saturated rings. The van der Waals surface area contributed by atoms with Crippen LogP contribution in [0.25, 0.3) is 5.69 Å². The Morgan fingerprint density at radius 3 is 2.46 bits per heavy atom. The lowest BCUT2D eigenvalue weighted by atomic mass is 10.3. The third-order valence-corrected chi connectivity index (χ3v) is 3.57. The monoisotopic (exact) mass is 350 g/mol. The molecule has 0 radical (unpaired) electrons. The van der Waals surface area contributed by atoms with Crippen LogP contribution in [-0.2, 0) is 4.79 Å². The Hall–Kier alpha value is -3.61. The number of carbonyl (C=O) groups is 2. The third-order valence-electron chi connectivity index (χ3n) is 3.57. The highest BCUT2D eigenvalue weighted by atomic mass is 16.5. The van der Waals surface area contributed by atoms with Crippen molar-refractivity contribution < 1.29 is 14.3 Å². The SMILES string of the molecule is NC(=O)CCOc1ccc(NC(=O)c2ccn(-c3ccccc3)n2)cc1. The van der Waals surface area contributed by atoms with Crippen molar-refractivity contribution in [2.45, 2.75) is 6.42 Å². The van der Waals surface area contributed by atoms with Gasteiger partial charge in [0.1, 0.15) is 5.75 Å². The molecular formula is C19H18N4O3. The minimum atomic E-state index is -0.413. The van der Waals surface area contributed by atoms with Gasteiger partial charge >= 0.3 is 0 Å². The van der Waals surface area contributed by atoms with Crippen LogP contribution in [-0.4, -0.2) is 28.2 Å². The van der Waals surface area contributed by atoms with Crippen LogP contribution in [0.5, 0.6) is 5.75 Å². The average molecular weight is 350 g/mol. The second-order valence-corrected chi connectivity index (χ2v) is 5.52. The summed E-state index contributed by atoms with van der Waals surface area (Å²) in [5.74, 6) is -0.122. The van der Waals surface area contributed by atoms with Crippen LogP contribution in [0.15, 0.2) is 66.9 Å². The van der Waals surface area contributed by atoms with E-state index in [2.05, 4.69) is 10.4 Å². The maximum Gasteiger partial charge on any atom is 0.276 e. The molecule has 7 heteroatoms. The lowest BCUT2D eigenvalue weighted by Gasteiger charge is -2.07. The molecule has 132 valence electrons. The molecule has 26 heavy (non-hydrogen) atoms. The Kier molecular flexibility index (Phi) is 5.28. The van der Waals surface area contributed by atoms with Crippen molar-refractivity contribution in [1.82, 2.24) is 9.78 Å². The summed E-state index contributed by atoms with van der Waals surface area (Å²) in [6.45, 7) is 0.220. The normalized spacial score (nSPS) is 10.3. The zero-order chi connectivity index (χ0) is 18.4. The Labute approximate surface area is 150 Å². The van der Waals surface area contributed by atoms with Crippen LogP contribution >= 0.6 is 0 Å². The molecule has 2 aromatic carbocycles. The molecule has 0 unspecified atom stereocenters. The van der Waals surface area contributed by atoms with Gasteiger partial charge in [0.05, 0.1) is 18.7 Å². The quantitative estimate of drug-likeness (QED) is 0.683. The molecule has 0 saturated carbocycles. The highest BCUT2D eigenvalue weighted by Gasteiger charge is 2.10. The molecule has 0 spiro atoms. The van der Waals surface area contributed by atoms with Crippen molar-refractivity contribution in [3.05, 3.63) is 72.6 Å². The molecule has 0 saturated heterocycles. The summed E-state index contributed by atoms with van der Waals surface area (Å²) in [5, 5.41) is 7.07. The van der Waals surface area contributed by atoms with Gasteiger partial charge in [-0.15, -0.1) is 0 Å². The zero-order valence-electron chi connectivity index (χ0n) is 14.0. The van der Waals surface area contributed by atoms with Crippen molar-refractivity contribution in [1.29, 1.82) is 0 Å². The van der Waals surface area contributed by atoms with E-state index in [1.54, 1.807) is 41.2 Å². The average Bonchev–Trinajstić information content (AvgIpc) is 3.14. The van der Waals surface area contributed by atoms with Crippen molar-refractivity contribution in [2.24, 2.45) is 5.73 Å². The number of para-hydroxylation sites is 1. The molecule has 3 N–H and O–H groups in total. The number of nitrogens with two attached hydrogens (primary N) is 1. The molecule has 0 atom stereocenters. The number of anilines is 1. The van der Waals surface area contributed by atoms with Gasteiger partial charge in [-0.1, -0.05) is 18.2 Å². The lowest BCUT2D eigenvalue weighted by Crippen LogP contribution is -2.14. The fourth-order valence-corrected chi connectivity index (χ4v) is 2.27. The fourth-order valence-electron chi connectivity index (χ4n) is 2.27. The van der Waals surface area contributed by atoms with Gasteiger partial charge < -0.3 is 15.8 Å². The number of ether oxygens (including phenoxy) is 1. The number of amides is 2. The summed E-state index contributed by atoms with van der Waals surface area (Å²) in [7, 11) is 0. The maximum atomic E-state index is 12.3. The molecule has 3 rings (SSSR count). The van der Waals surface area contributed by atoms with Crippen LogP contribution in [0.2, 0.25) is 0 Å². The Bertz CT molecular complexity index is 889. The minimum absolute atomic E-state index is 0.155. The van der Waals surface area contributed by atoms with Crippen molar-refractivity contribution in [3.8, 4) is 11.4 Å². The van der Waals surface area contributed by atoms with Crippen LogP contribution < -0.4 is 15.8 Å². The predicted molar refractivity (Wildman–Crippen MR) is 97.3 cm³/mol. The molecule has 0 aliphatic rings. The lowest BCUT2D eigenvalue weighted by molar-refractivity contribution is -0.118. The summed E-state index contributed by atoms with van der Waals surface area (Å²) in [5.41, 5.74) is 6.87. The van der Waals surface area contributed by atoms with Crippen molar-refractivity contribution in [2.75, 3.05) is 11.9 Å². The van der Waals surface area contributed by atoms with E-state index < -0.39 is 5.91 Å². The zero-order valence-corrected chi connectivity index (χ0v) is 14.0. The number of aromatic nitrogens is 2. The maximum absolute atomic E-state index is 12.3. The van der Waals surface area contributed by atoms with Crippen LogP contribution in [0.1, 0.15) is 16.9 Å². The summed E-state index contributed by atoms with van der Waals surface area (Å²) in [6, 6.07) is 18.0. The van der Waals surface area contributed by atoms with Crippen LogP contribution in [0.3, 0.4) is 0 Å². The second-order valence-electron chi connectivity index (χ2n) is 5.52. The Morgan fingerprint density at radius 2 is 1.77 bits per heavy atom. The van der Waals surface area contributed by atoms with E-state index in [1.165, 1.54) is 0 Å². The molecule has 0 bridgehead atoms. The number of primary amides is 1. The van der Waals surface area contributed by atoms with E-state index in [-0.39, 0.29) is 18.9 Å². The van der Waals surface area contributed by atoms with Gasteiger partial charge in [-0.2, -0.15) is 5.10 Å². The standard InChI is InChI=1S/C19H18N4O3/c20-18(24)11-13-26-16-8-6-14(7-9-16)21-19(25)17-10-12-23(22-17)15-4-2-1-3-5-15/h1-10,12H,11,13H2,(H2,20,24)(H,21,25). The van der Waals surface area contributed by atoms with Crippen molar-refractivity contribution in [3.63, 3.8) is 0 Å². The number of hydrogen-bond acceptors (Lipinski definition) is 4. The first-order valence-electron chi connectivity index (χ1n) is 8.05. The van der Waals surface area contributed by atoms with Crippen LogP contribution in [0, 0.1) is 0 Å². The number of nitrogens with one attached hydrogen (secondary N) is 1. The number of benzene rings is 2. The minimum Gasteiger partial charge on any atom is -0.493 e. The predicted octanol–water partition coefficient (Wildman–Crippen LogP) is 2.38.